The molecule has 1 aliphatic heterocycles. The van der Waals surface area contributed by atoms with Crippen molar-refractivity contribution in [3.63, 3.8) is 0 Å². The molecule has 4 rings (SSSR count). The van der Waals surface area contributed by atoms with E-state index >= 15 is 0 Å². The van der Waals surface area contributed by atoms with Crippen LogP contribution in [0.15, 0.2) is 78.0 Å². The van der Waals surface area contributed by atoms with Crippen LogP contribution < -0.4 is 0 Å². The first-order valence-electron chi connectivity index (χ1n) is 9.66. The minimum Gasteiger partial charge on any atom is -0.265 e. The predicted octanol–water partition coefficient (Wildman–Crippen LogP) is 6.18. The van der Waals surface area contributed by atoms with Crippen molar-refractivity contribution in [2.75, 3.05) is 0 Å². The van der Waals surface area contributed by atoms with E-state index in [0.29, 0.717) is 5.92 Å². The van der Waals surface area contributed by atoms with Gasteiger partial charge in [-0.15, -0.1) is 0 Å². The van der Waals surface area contributed by atoms with Gasteiger partial charge in [0.05, 0.1) is 11.4 Å². The predicted molar refractivity (Wildman–Crippen MR) is 114 cm³/mol. The molecule has 2 nitrogen and oxygen atoms in total. The zero-order valence-corrected chi connectivity index (χ0v) is 16.2. The summed E-state index contributed by atoms with van der Waals surface area (Å²) in [5.74, 6) is 0.384. The lowest BCUT2D eigenvalue weighted by molar-refractivity contribution is 0.627. The molecule has 0 radical (unpaired) electrons. The first-order valence-corrected chi connectivity index (χ1v) is 9.66. The van der Waals surface area contributed by atoms with E-state index in [4.69, 9.17) is 4.99 Å². The molecule has 0 fully saturated rings. The number of hydrogen-bond acceptors (Lipinski definition) is 2. The van der Waals surface area contributed by atoms with E-state index in [-0.39, 0.29) is 5.82 Å². The van der Waals surface area contributed by atoms with Crippen molar-refractivity contribution in [1.82, 2.24) is 4.98 Å². The molecule has 3 aromatic rings. The number of rotatable bonds is 5. The Balaban J connectivity index is 1.71. The maximum absolute atomic E-state index is 13.8. The highest BCUT2D eigenvalue weighted by Gasteiger charge is 2.22. The minimum absolute atomic E-state index is 0.249. The summed E-state index contributed by atoms with van der Waals surface area (Å²) in [7, 11) is 0. The Morgan fingerprint density at radius 2 is 1.64 bits per heavy atom. The van der Waals surface area contributed by atoms with Crippen LogP contribution in [0, 0.1) is 11.7 Å². The van der Waals surface area contributed by atoms with Crippen LogP contribution in [-0.4, -0.2) is 10.7 Å². The summed E-state index contributed by atoms with van der Waals surface area (Å²) in [4.78, 5) is 9.05. The summed E-state index contributed by atoms with van der Waals surface area (Å²) in [5, 5.41) is 0. The summed E-state index contributed by atoms with van der Waals surface area (Å²) in [6.45, 7) is 4.45. The van der Waals surface area contributed by atoms with Crippen LogP contribution in [0.1, 0.15) is 42.5 Å². The number of aromatic nitrogens is 1. The van der Waals surface area contributed by atoms with Crippen LogP contribution in [0.5, 0.6) is 0 Å². The van der Waals surface area contributed by atoms with Crippen LogP contribution in [0.3, 0.4) is 0 Å². The van der Waals surface area contributed by atoms with Gasteiger partial charge < -0.3 is 0 Å². The highest BCUT2D eigenvalue weighted by molar-refractivity contribution is 6.16. The second-order valence-corrected chi connectivity index (χ2v) is 7.60. The van der Waals surface area contributed by atoms with E-state index in [9.17, 15) is 4.39 Å². The molecular formula is C25H23FN2. The van der Waals surface area contributed by atoms with Crippen molar-refractivity contribution in [2.45, 2.75) is 26.7 Å². The van der Waals surface area contributed by atoms with E-state index in [1.165, 1.54) is 11.6 Å². The molecule has 2 aromatic carbocycles. The standard InChI is InChI=1S/C25H23FN2/c1-17(2)14-18-6-8-20(9-7-18)24-16-23(19-10-12-27-13-11-19)25(28-24)21-4-3-5-22(26)15-21/h3-13,15,17H,14,16H2,1-2H3. The number of allylic oxidation sites excluding steroid dienone is 1. The minimum atomic E-state index is -0.249. The average Bonchev–Trinajstić information content (AvgIpc) is 3.14. The first kappa shape index (κ1) is 18.3. The fourth-order valence-electron chi connectivity index (χ4n) is 3.63. The lowest BCUT2D eigenvalue weighted by atomic mass is 9.95. The molecule has 0 spiro atoms. The fraction of sp³-hybridized carbons (Fsp3) is 0.200. The van der Waals surface area contributed by atoms with Crippen molar-refractivity contribution in [1.29, 1.82) is 0 Å². The molecule has 28 heavy (non-hydrogen) atoms. The van der Waals surface area contributed by atoms with Crippen molar-refractivity contribution in [3.8, 4) is 0 Å². The number of aliphatic imine (C=N–C) groups is 1. The van der Waals surface area contributed by atoms with E-state index in [1.54, 1.807) is 24.5 Å². The fourth-order valence-corrected chi connectivity index (χ4v) is 3.63. The number of nitrogens with zero attached hydrogens (tertiary/aromatic N) is 2. The lowest BCUT2D eigenvalue weighted by Gasteiger charge is -2.07. The Kier molecular flexibility index (Phi) is 5.16. The largest absolute Gasteiger partial charge is 0.265 e. The van der Waals surface area contributed by atoms with E-state index in [0.717, 1.165) is 46.5 Å². The molecule has 0 N–H and O–H groups in total. The van der Waals surface area contributed by atoms with Gasteiger partial charge in [0, 0.05) is 24.4 Å². The van der Waals surface area contributed by atoms with Crippen molar-refractivity contribution in [2.24, 2.45) is 10.9 Å². The summed E-state index contributed by atoms with van der Waals surface area (Å²) in [5.41, 5.74) is 7.29. The third-order valence-corrected chi connectivity index (χ3v) is 4.93. The molecule has 140 valence electrons. The smallest absolute Gasteiger partial charge is 0.123 e. The maximum Gasteiger partial charge on any atom is 0.123 e. The number of halogens is 1. The Hall–Kier alpha value is -3.07. The lowest BCUT2D eigenvalue weighted by Crippen LogP contribution is -2.00. The SMILES string of the molecule is CC(C)Cc1ccc(C2=NC(c3cccc(F)c3)=C(c3ccncc3)C2)cc1. The molecule has 0 saturated carbocycles. The third-order valence-electron chi connectivity index (χ3n) is 4.93. The average molecular weight is 370 g/mol. The molecule has 3 heteroatoms. The van der Waals surface area contributed by atoms with Crippen molar-refractivity contribution in [3.05, 3.63) is 101 Å². The summed E-state index contributed by atoms with van der Waals surface area (Å²) in [6, 6.07) is 19.3. The normalized spacial score (nSPS) is 13.9. The highest BCUT2D eigenvalue weighted by atomic mass is 19.1. The van der Waals surface area contributed by atoms with E-state index in [2.05, 4.69) is 43.1 Å². The van der Waals surface area contributed by atoms with Crippen LogP contribution in [0.4, 0.5) is 4.39 Å². The van der Waals surface area contributed by atoms with Gasteiger partial charge in [0.15, 0.2) is 0 Å². The molecule has 0 amide bonds. The Morgan fingerprint density at radius 3 is 2.32 bits per heavy atom. The van der Waals surface area contributed by atoms with Gasteiger partial charge in [-0.3, -0.25) is 9.98 Å². The monoisotopic (exact) mass is 370 g/mol. The van der Waals surface area contributed by atoms with E-state index < -0.39 is 0 Å². The second-order valence-electron chi connectivity index (χ2n) is 7.60. The van der Waals surface area contributed by atoms with Gasteiger partial charge in [-0.25, -0.2) is 4.39 Å². The van der Waals surface area contributed by atoms with Gasteiger partial charge in [0.1, 0.15) is 5.82 Å². The third kappa shape index (κ3) is 3.94. The Labute approximate surface area is 165 Å². The molecule has 0 unspecified atom stereocenters. The number of benzene rings is 2. The highest BCUT2D eigenvalue weighted by Crippen LogP contribution is 2.37. The molecular weight excluding hydrogens is 347 g/mol. The van der Waals surface area contributed by atoms with Crippen LogP contribution >= 0.6 is 0 Å². The second kappa shape index (κ2) is 7.89. The van der Waals surface area contributed by atoms with Gasteiger partial charge in [0.25, 0.3) is 0 Å². The number of hydrogen-bond donors (Lipinski definition) is 0. The van der Waals surface area contributed by atoms with Gasteiger partial charge >= 0.3 is 0 Å². The van der Waals surface area contributed by atoms with Crippen molar-refractivity contribution < 1.29 is 4.39 Å². The quantitative estimate of drug-likeness (QED) is 0.526. The van der Waals surface area contributed by atoms with Gasteiger partial charge in [-0.05, 0) is 58.9 Å². The summed E-state index contributed by atoms with van der Waals surface area (Å²) >= 11 is 0. The van der Waals surface area contributed by atoms with Gasteiger partial charge in [0.2, 0.25) is 0 Å². The molecule has 0 bridgehead atoms. The summed E-state index contributed by atoms with van der Waals surface area (Å²) in [6.07, 6.45) is 5.36. The molecule has 2 heterocycles. The molecule has 0 saturated heterocycles. The Bertz CT molecular complexity index is 1030. The van der Waals surface area contributed by atoms with Crippen LogP contribution in [0.2, 0.25) is 0 Å². The summed E-state index contributed by atoms with van der Waals surface area (Å²) < 4.78 is 13.8. The van der Waals surface area contributed by atoms with Crippen LogP contribution in [0.25, 0.3) is 11.3 Å². The van der Waals surface area contributed by atoms with Gasteiger partial charge in [-0.1, -0.05) is 50.2 Å². The molecule has 1 aliphatic rings. The molecule has 0 aliphatic carbocycles. The molecule has 0 atom stereocenters. The topological polar surface area (TPSA) is 25.2 Å². The Morgan fingerprint density at radius 1 is 0.893 bits per heavy atom. The first-order chi connectivity index (χ1) is 13.6. The van der Waals surface area contributed by atoms with Crippen LogP contribution in [-0.2, 0) is 6.42 Å². The van der Waals surface area contributed by atoms with Crippen molar-refractivity contribution >= 4 is 17.0 Å². The maximum atomic E-state index is 13.8. The van der Waals surface area contributed by atoms with Gasteiger partial charge in [-0.2, -0.15) is 0 Å². The molecule has 1 aromatic heterocycles. The number of pyridine rings is 1. The van der Waals surface area contributed by atoms with E-state index in [1.807, 2.05) is 18.2 Å². The zero-order chi connectivity index (χ0) is 19.5. The zero-order valence-electron chi connectivity index (χ0n) is 16.2.